The Morgan fingerprint density at radius 3 is 2.33 bits per heavy atom. The predicted octanol–water partition coefficient (Wildman–Crippen LogP) is 4.72. The second kappa shape index (κ2) is 10.1. The summed E-state index contributed by atoms with van der Waals surface area (Å²) in [6, 6.07) is 17.3. The van der Waals surface area contributed by atoms with Crippen molar-refractivity contribution in [3.8, 4) is 5.75 Å². The predicted molar refractivity (Wildman–Crippen MR) is 123 cm³/mol. The van der Waals surface area contributed by atoms with Crippen LogP contribution in [0.5, 0.6) is 5.75 Å². The third-order valence-electron chi connectivity index (χ3n) is 6.07. The molecule has 4 nitrogen and oxygen atoms in total. The van der Waals surface area contributed by atoms with Gasteiger partial charge in [-0.15, -0.1) is 0 Å². The fraction of sp³-hybridized carbons (Fsp3) is 0.500. The maximum absolute atomic E-state index is 12.3. The van der Waals surface area contributed by atoms with Gasteiger partial charge in [-0.25, -0.2) is 0 Å². The number of hydrogen-bond acceptors (Lipinski definition) is 3. The summed E-state index contributed by atoms with van der Waals surface area (Å²) in [5.74, 6) is 2.43. The first-order chi connectivity index (χ1) is 14.4. The van der Waals surface area contributed by atoms with Gasteiger partial charge >= 0.3 is 0 Å². The standard InChI is InChI=1S/C26H36N2O2/c1-19(2)14-28(21(4)29)17-24-16-27(15-22-8-12-25(30-5)13-9-22)18-26(24)23-10-6-20(3)7-11-23/h6-13,19,24,26H,14-18H2,1-5H3. The van der Waals surface area contributed by atoms with Crippen LogP contribution in [0.25, 0.3) is 0 Å². The Bertz CT molecular complexity index is 814. The van der Waals surface area contributed by atoms with Crippen molar-refractivity contribution in [2.24, 2.45) is 11.8 Å². The molecule has 1 heterocycles. The van der Waals surface area contributed by atoms with Gasteiger partial charge in [-0.3, -0.25) is 9.69 Å². The number of aryl methyl sites for hydroxylation is 1. The van der Waals surface area contributed by atoms with E-state index in [1.165, 1.54) is 16.7 Å². The first-order valence-electron chi connectivity index (χ1n) is 11.0. The molecule has 0 aliphatic carbocycles. The molecule has 2 aromatic rings. The number of carbonyl (C=O) groups excluding carboxylic acids is 1. The molecule has 0 N–H and O–H groups in total. The van der Waals surface area contributed by atoms with Gasteiger partial charge in [-0.05, 0) is 42.0 Å². The van der Waals surface area contributed by atoms with Gasteiger partial charge in [0, 0.05) is 45.6 Å². The molecule has 1 aliphatic rings. The van der Waals surface area contributed by atoms with Crippen LogP contribution in [0.1, 0.15) is 43.4 Å². The van der Waals surface area contributed by atoms with Crippen LogP contribution in [-0.2, 0) is 11.3 Å². The fourth-order valence-corrected chi connectivity index (χ4v) is 4.51. The van der Waals surface area contributed by atoms with Crippen LogP contribution < -0.4 is 4.74 Å². The highest BCUT2D eigenvalue weighted by atomic mass is 16.5. The molecule has 162 valence electrons. The molecule has 4 heteroatoms. The van der Waals surface area contributed by atoms with E-state index in [9.17, 15) is 4.79 Å². The van der Waals surface area contributed by atoms with Gasteiger partial charge in [0.25, 0.3) is 0 Å². The van der Waals surface area contributed by atoms with Gasteiger partial charge in [-0.2, -0.15) is 0 Å². The minimum Gasteiger partial charge on any atom is -0.497 e. The Labute approximate surface area is 181 Å². The molecular formula is C26H36N2O2. The minimum absolute atomic E-state index is 0.181. The number of nitrogens with zero attached hydrogens (tertiary/aromatic N) is 2. The van der Waals surface area contributed by atoms with Gasteiger partial charge in [0.2, 0.25) is 5.91 Å². The van der Waals surface area contributed by atoms with Crippen molar-refractivity contribution in [3.05, 3.63) is 65.2 Å². The molecule has 2 unspecified atom stereocenters. The van der Waals surface area contributed by atoms with E-state index in [2.05, 4.69) is 62.1 Å². The summed E-state index contributed by atoms with van der Waals surface area (Å²) in [6.45, 7) is 12.8. The van der Waals surface area contributed by atoms with Gasteiger partial charge in [0.05, 0.1) is 7.11 Å². The number of carbonyl (C=O) groups is 1. The quantitative estimate of drug-likeness (QED) is 0.633. The lowest BCUT2D eigenvalue weighted by atomic mass is 9.88. The summed E-state index contributed by atoms with van der Waals surface area (Å²) in [4.78, 5) is 16.9. The van der Waals surface area contributed by atoms with Crippen LogP contribution in [0.3, 0.4) is 0 Å². The van der Waals surface area contributed by atoms with E-state index in [-0.39, 0.29) is 5.91 Å². The number of rotatable bonds is 8. The maximum Gasteiger partial charge on any atom is 0.219 e. The number of likely N-dealkylation sites (tertiary alicyclic amines) is 1. The van der Waals surface area contributed by atoms with Crippen molar-refractivity contribution >= 4 is 5.91 Å². The van der Waals surface area contributed by atoms with E-state index in [0.29, 0.717) is 17.8 Å². The molecule has 0 spiro atoms. The van der Waals surface area contributed by atoms with Gasteiger partial charge in [0.15, 0.2) is 0 Å². The smallest absolute Gasteiger partial charge is 0.219 e. The van der Waals surface area contributed by atoms with Crippen molar-refractivity contribution in [1.29, 1.82) is 0 Å². The highest BCUT2D eigenvalue weighted by molar-refractivity contribution is 5.73. The van der Waals surface area contributed by atoms with Crippen molar-refractivity contribution in [1.82, 2.24) is 9.80 Å². The average molecular weight is 409 g/mol. The number of methoxy groups -OCH3 is 1. The van der Waals surface area contributed by atoms with Gasteiger partial charge < -0.3 is 9.64 Å². The maximum atomic E-state index is 12.3. The molecule has 1 aliphatic heterocycles. The summed E-state index contributed by atoms with van der Waals surface area (Å²) < 4.78 is 5.29. The number of benzene rings is 2. The summed E-state index contributed by atoms with van der Waals surface area (Å²) in [5.41, 5.74) is 3.97. The van der Waals surface area contributed by atoms with Gasteiger partial charge in [-0.1, -0.05) is 55.8 Å². The van der Waals surface area contributed by atoms with Crippen molar-refractivity contribution < 1.29 is 9.53 Å². The highest BCUT2D eigenvalue weighted by Gasteiger charge is 2.35. The minimum atomic E-state index is 0.181. The van der Waals surface area contributed by atoms with Crippen molar-refractivity contribution in [3.63, 3.8) is 0 Å². The van der Waals surface area contributed by atoms with Gasteiger partial charge in [0.1, 0.15) is 5.75 Å². The van der Waals surface area contributed by atoms with Crippen molar-refractivity contribution in [2.45, 2.75) is 40.2 Å². The molecule has 0 saturated carbocycles. The molecule has 1 amide bonds. The highest BCUT2D eigenvalue weighted by Crippen LogP contribution is 2.34. The van der Waals surface area contributed by atoms with Crippen LogP contribution in [-0.4, -0.2) is 49.0 Å². The molecule has 30 heavy (non-hydrogen) atoms. The number of amides is 1. The Morgan fingerprint density at radius 2 is 1.77 bits per heavy atom. The van der Waals surface area contributed by atoms with E-state index in [1.54, 1.807) is 14.0 Å². The third kappa shape index (κ3) is 5.85. The lowest BCUT2D eigenvalue weighted by Gasteiger charge is -2.29. The topological polar surface area (TPSA) is 32.8 Å². The first kappa shape index (κ1) is 22.4. The van der Waals surface area contributed by atoms with Crippen LogP contribution in [0.4, 0.5) is 0 Å². The fourth-order valence-electron chi connectivity index (χ4n) is 4.51. The zero-order chi connectivity index (χ0) is 21.7. The normalized spacial score (nSPS) is 19.3. The van der Waals surface area contributed by atoms with E-state index in [0.717, 1.165) is 38.5 Å². The summed E-state index contributed by atoms with van der Waals surface area (Å²) >= 11 is 0. The van der Waals surface area contributed by atoms with E-state index in [4.69, 9.17) is 4.74 Å². The molecule has 0 aromatic heterocycles. The zero-order valence-corrected chi connectivity index (χ0v) is 19.1. The molecule has 2 aromatic carbocycles. The lowest BCUT2D eigenvalue weighted by molar-refractivity contribution is -0.130. The van der Waals surface area contributed by atoms with E-state index >= 15 is 0 Å². The lowest BCUT2D eigenvalue weighted by Crippen LogP contribution is -2.38. The van der Waals surface area contributed by atoms with Crippen LogP contribution in [0, 0.1) is 18.8 Å². The second-order valence-electron chi connectivity index (χ2n) is 9.14. The molecule has 0 radical (unpaired) electrons. The Balaban J connectivity index is 1.77. The Morgan fingerprint density at radius 1 is 1.10 bits per heavy atom. The molecular weight excluding hydrogens is 372 g/mol. The molecule has 2 atom stereocenters. The Hall–Kier alpha value is -2.33. The Kier molecular flexibility index (Phi) is 7.54. The number of ether oxygens (including phenoxy) is 1. The molecule has 1 fully saturated rings. The van der Waals surface area contributed by atoms with E-state index in [1.807, 2.05) is 17.0 Å². The monoisotopic (exact) mass is 408 g/mol. The van der Waals surface area contributed by atoms with Crippen LogP contribution >= 0.6 is 0 Å². The molecule has 1 saturated heterocycles. The zero-order valence-electron chi connectivity index (χ0n) is 19.1. The first-order valence-corrected chi connectivity index (χ1v) is 11.0. The SMILES string of the molecule is COc1ccc(CN2CC(CN(CC(C)C)C(C)=O)C(c3ccc(C)cc3)C2)cc1. The van der Waals surface area contributed by atoms with E-state index < -0.39 is 0 Å². The van der Waals surface area contributed by atoms with Crippen LogP contribution in [0.15, 0.2) is 48.5 Å². The molecule has 0 bridgehead atoms. The largest absolute Gasteiger partial charge is 0.497 e. The van der Waals surface area contributed by atoms with Crippen LogP contribution in [0.2, 0.25) is 0 Å². The summed E-state index contributed by atoms with van der Waals surface area (Å²) in [6.07, 6.45) is 0. The van der Waals surface area contributed by atoms with Crippen molar-refractivity contribution in [2.75, 3.05) is 33.3 Å². The number of hydrogen-bond donors (Lipinski definition) is 0. The summed E-state index contributed by atoms with van der Waals surface area (Å²) in [5, 5.41) is 0. The average Bonchev–Trinajstić information content (AvgIpc) is 3.10. The second-order valence-corrected chi connectivity index (χ2v) is 9.14. The molecule has 3 rings (SSSR count). The summed E-state index contributed by atoms with van der Waals surface area (Å²) in [7, 11) is 1.70. The third-order valence-corrected chi connectivity index (χ3v) is 6.07.